The third kappa shape index (κ3) is 7.23. The number of methoxy groups -OCH3 is 1. The van der Waals surface area contributed by atoms with Gasteiger partial charge < -0.3 is 9.64 Å². The van der Waals surface area contributed by atoms with Gasteiger partial charge in [0.25, 0.3) is 0 Å². The van der Waals surface area contributed by atoms with Gasteiger partial charge in [-0.05, 0) is 18.8 Å². The number of ether oxygens (including phenoxy) is 1. The minimum atomic E-state index is -0.183. The lowest BCUT2D eigenvalue weighted by Gasteiger charge is -2.28. The molecule has 1 aliphatic heterocycles. The van der Waals surface area contributed by atoms with Gasteiger partial charge in [0.15, 0.2) is 0 Å². The van der Waals surface area contributed by atoms with Crippen LogP contribution in [0, 0.1) is 5.92 Å². The molecule has 0 N–H and O–H groups in total. The Labute approximate surface area is 94.8 Å². The van der Waals surface area contributed by atoms with Crippen molar-refractivity contribution in [2.75, 3.05) is 20.2 Å². The number of piperidine rings is 1. The first-order chi connectivity index (χ1) is 7.24. The van der Waals surface area contributed by atoms with Crippen LogP contribution in [0.2, 0.25) is 0 Å². The van der Waals surface area contributed by atoms with Crippen LogP contribution >= 0.6 is 0 Å². The van der Waals surface area contributed by atoms with Gasteiger partial charge in [0.2, 0.25) is 0 Å². The highest BCUT2D eigenvalue weighted by Gasteiger charge is 2.19. The number of rotatable bonds is 0. The van der Waals surface area contributed by atoms with E-state index in [1.165, 1.54) is 7.11 Å². The Hall–Kier alpha value is -0.730. The van der Waals surface area contributed by atoms with Gasteiger partial charge in [-0.15, -0.1) is 0 Å². The van der Waals surface area contributed by atoms with E-state index >= 15 is 0 Å². The largest absolute Gasteiger partial charge is 0.453 e. The molecule has 0 atom stereocenters. The maximum absolute atomic E-state index is 11.0. The zero-order valence-corrected chi connectivity index (χ0v) is 11.2. The molecule has 0 spiro atoms. The van der Waals surface area contributed by atoms with Crippen LogP contribution in [-0.2, 0) is 4.74 Å². The van der Waals surface area contributed by atoms with Crippen molar-refractivity contribution in [3.05, 3.63) is 0 Å². The number of likely N-dealkylation sites (tertiary alicyclic amines) is 1. The smallest absolute Gasteiger partial charge is 0.409 e. The van der Waals surface area contributed by atoms with E-state index in [0.717, 1.165) is 31.8 Å². The molecule has 0 saturated carbocycles. The Morgan fingerprint density at radius 2 is 1.53 bits per heavy atom. The fourth-order valence-corrected chi connectivity index (χ4v) is 1.32. The number of amides is 1. The van der Waals surface area contributed by atoms with Crippen LogP contribution in [0.15, 0.2) is 0 Å². The highest BCUT2D eigenvalue weighted by Crippen LogP contribution is 2.16. The third-order valence-corrected chi connectivity index (χ3v) is 2.22. The van der Waals surface area contributed by atoms with Crippen molar-refractivity contribution in [2.45, 2.75) is 47.5 Å². The minimum Gasteiger partial charge on any atom is -0.453 e. The lowest BCUT2D eigenvalue weighted by atomic mass is 10.00. The molecule has 3 heteroatoms. The highest BCUT2D eigenvalue weighted by molar-refractivity contribution is 5.67. The van der Waals surface area contributed by atoms with E-state index in [1.54, 1.807) is 4.90 Å². The number of nitrogens with zero attached hydrogens (tertiary/aromatic N) is 1. The van der Waals surface area contributed by atoms with Crippen LogP contribution < -0.4 is 0 Å². The summed E-state index contributed by atoms with van der Waals surface area (Å²) in [6.07, 6.45) is 2.03. The molecular weight excluding hydrogens is 190 g/mol. The van der Waals surface area contributed by atoms with Crippen LogP contribution in [-0.4, -0.2) is 31.2 Å². The second-order valence-electron chi connectivity index (χ2n) is 3.14. The molecule has 1 rings (SSSR count). The molecule has 0 radical (unpaired) electrons. The predicted octanol–water partition coefficient (Wildman–Crippen LogP) is 3.54. The van der Waals surface area contributed by atoms with Gasteiger partial charge in [0, 0.05) is 13.1 Å². The molecular formula is C12H27NO2. The summed E-state index contributed by atoms with van der Waals surface area (Å²) in [5, 5.41) is 0. The summed E-state index contributed by atoms with van der Waals surface area (Å²) in [5.74, 6) is 0.760. The van der Waals surface area contributed by atoms with Crippen molar-refractivity contribution in [1.82, 2.24) is 4.90 Å². The fraction of sp³-hybridized carbons (Fsp3) is 0.917. The standard InChI is InChI=1S/C8H15NO2.2C2H6/c1-7-3-5-9(6-4-7)8(10)11-2;2*1-2/h7H,3-6H2,1-2H3;2*1-2H3. The fourth-order valence-electron chi connectivity index (χ4n) is 1.32. The molecule has 1 heterocycles. The molecule has 92 valence electrons. The minimum absolute atomic E-state index is 0.183. The van der Waals surface area contributed by atoms with Gasteiger partial charge in [-0.1, -0.05) is 34.6 Å². The van der Waals surface area contributed by atoms with Gasteiger partial charge in [-0.2, -0.15) is 0 Å². The Kier molecular flexibility index (Phi) is 12.6. The molecule has 1 saturated heterocycles. The maximum atomic E-state index is 11.0. The zero-order chi connectivity index (χ0) is 12.3. The maximum Gasteiger partial charge on any atom is 0.409 e. The summed E-state index contributed by atoms with van der Waals surface area (Å²) in [6, 6.07) is 0. The molecule has 15 heavy (non-hydrogen) atoms. The van der Waals surface area contributed by atoms with Gasteiger partial charge in [0.05, 0.1) is 7.11 Å². The molecule has 0 unspecified atom stereocenters. The van der Waals surface area contributed by atoms with E-state index in [9.17, 15) is 4.79 Å². The topological polar surface area (TPSA) is 29.5 Å². The summed E-state index contributed by atoms with van der Waals surface area (Å²) in [4.78, 5) is 12.7. The molecule has 1 fully saturated rings. The first-order valence-electron chi connectivity index (χ1n) is 6.07. The van der Waals surface area contributed by atoms with E-state index in [2.05, 4.69) is 11.7 Å². The molecule has 0 aromatic rings. The molecule has 0 aromatic carbocycles. The molecule has 0 aromatic heterocycles. The molecule has 1 amide bonds. The Bertz CT molecular complexity index is 141. The highest BCUT2D eigenvalue weighted by atomic mass is 16.5. The normalized spacial score (nSPS) is 15.5. The summed E-state index contributed by atoms with van der Waals surface area (Å²) >= 11 is 0. The van der Waals surface area contributed by atoms with E-state index in [-0.39, 0.29) is 6.09 Å². The number of carbonyl (C=O) groups is 1. The van der Waals surface area contributed by atoms with Gasteiger partial charge in [-0.25, -0.2) is 4.79 Å². The van der Waals surface area contributed by atoms with Crippen LogP contribution in [0.4, 0.5) is 4.79 Å². The van der Waals surface area contributed by atoms with E-state index in [4.69, 9.17) is 0 Å². The van der Waals surface area contributed by atoms with E-state index in [1.807, 2.05) is 27.7 Å². The van der Waals surface area contributed by atoms with Gasteiger partial charge in [-0.3, -0.25) is 0 Å². The van der Waals surface area contributed by atoms with Gasteiger partial charge in [0.1, 0.15) is 0 Å². The lowest BCUT2D eigenvalue weighted by molar-refractivity contribution is 0.108. The summed E-state index contributed by atoms with van der Waals surface area (Å²) < 4.78 is 4.61. The zero-order valence-electron chi connectivity index (χ0n) is 11.2. The quantitative estimate of drug-likeness (QED) is 0.621. The Morgan fingerprint density at radius 1 is 1.13 bits per heavy atom. The Morgan fingerprint density at radius 3 is 1.87 bits per heavy atom. The average Bonchev–Trinajstić information content (AvgIpc) is 2.34. The van der Waals surface area contributed by atoms with Crippen molar-refractivity contribution >= 4 is 6.09 Å². The first-order valence-corrected chi connectivity index (χ1v) is 6.07. The number of hydrogen-bond acceptors (Lipinski definition) is 2. The van der Waals surface area contributed by atoms with Crippen LogP contribution in [0.1, 0.15) is 47.5 Å². The van der Waals surface area contributed by atoms with Crippen molar-refractivity contribution in [1.29, 1.82) is 0 Å². The van der Waals surface area contributed by atoms with Crippen molar-refractivity contribution in [3.63, 3.8) is 0 Å². The molecule has 3 nitrogen and oxygen atoms in total. The monoisotopic (exact) mass is 217 g/mol. The average molecular weight is 217 g/mol. The second kappa shape index (κ2) is 11.3. The van der Waals surface area contributed by atoms with Crippen molar-refractivity contribution < 1.29 is 9.53 Å². The Balaban J connectivity index is 0. The number of hydrogen-bond donors (Lipinski definition) is 0. The summed E-state index contributed by atoms with van der Waals surface area (Å²) in [5.41, 5.74) is 0. The first kappa shape index (κ1) is 16.7. The van der Waals surface area contributed by atoms with E-state index in [0.29, 0.717) is 0 Å². The van der Waals surface area contributed by atoms with Crippen LogP contribution in [0.25, 0.3) is 0 Å². The molecule has 1 aliphatic rings. The van der Waals surface area contributed by atoms with E-state index < -0.39 is 0 Å². The van der Waals surface area contributed by atoms with Crippen molar-refractivity contribution in [3.8, 4) is 0 Å². The summed E-state index contributed by atoms with van der Waals surface area (Å²) in [7, 11) is 1.43. The predicted molar refractivity (Wildman–Crippen MR) is 65.1 cm³/mol. The second-order valence-corrected chi connectivity index (χ2v) is 3.14. The van der Waals surface area contributed by atoms with Crippen LogP contribution in [0.5, 0.6) is 0 Å². The van der Waals surface area contributed by atoms with Crippen LogP contribution in [0.3, 0.4) is 0 Å². The van der Waals surface area contributed by atoms with Crippen molar-refractivity contribution in [2.24, 2.45) is 5.92 Å². The molecule has 0 bridgehead atoms. The lowest BCUT2D eigenvalue weighted by Crippen LogP contribution is -2.37. The summed E-state index contributed by atoms with van der Waals surface area (Å²) in [6.45, 7) is 11.9. The molecule has 0 aliphatic carbocycles. The van der Waals surface area contributed by atoms with Gasteiger partial charge >= 0.3 is 6.09 Å². The number of carbonyl (C=O) groups excluding carboxylic acids is 1. The SMILES string of the molecule is CC.CC.COC(=O)N1CCC(C)CC1. The third-order valence-electron chi connectivity index (χ3n) is 2.22.